The summed E-state index contributed by atoms with van der Waals surface area (Å²) in [6.45, 7) is 11.0. The molecule has 0 bridgehead atoms. The molecule has 0 spiro atoms. The summed E-state index contributed by atoms with van der Waals surface area (Å²) in [7, 11) is 0. The molecule has 0 aliphatic carbocycles. The first kappa shape index (κ1) is 18.5. The maximum absolute atomic E-state index is 12.1. The Bertz CT molecular complexity index is 711. The zero-order valence-corrected chi connectivity index (χ0v) is 16.0. The van der Waals surface area contributed by atoms with Crippen LogP contribution in [0.25, 0.3) is 0 Å². The second-order valence-corrected chi connectivity index (χ2v) is 8.00. The molecule has 2 aromatic carbocycles. The number of para-hydroxylation sites is 1. The average Bonchev–Trinajstić information content (AvgIpc) is 2.64. The number of carbonyl (C=O) groups excluding carboxylic acids is 1. The van der Waals surface area contributed by atoms with E-state index in [9.17, 15) is 4.79 Å². The zero-order valence-electron chi connectivity index (χ0n) is 16.0. The lowest BCUT2D eigenvalue weighted by atomic mass is 9.95. The monoisotopic (exact) mass is 351 g/mol. The van der Waals surface area contributed by atoms with Gasteiger partial charge >= 0.3 is 0 Å². The number of rotatable bonds is 4. The number of amides is 1. The minimum absolute atomic E-state index is 0.0438. The number of nitrogens with zero attached hydrogens (tertiary/aromatic N) is 2. The van der Waals surface area contributed by atoms with Crippen molar-refractivity contribution >= 4 is 17.3 Å². The highest BCUT2D eigenvalue weighted by atomic mass is 16.2. The maximum Gasteiger partial charge on any atom is 0.229 e. The van der Waals surface area contributed by atoms with Gasteiger partial charge in [-0.05, 0) is 29.8 Å². The highest BCUT2D eigenvalue weighted by Crippen LogP contribution is 2.19. The SMILES string of the molecule is CC(C)(C)C(=O)Nc1ccc(CN2CCN(c3ccccc3)CC2)cc1. The van der Waals surface area contributed by atoms with Crippen molar-refractivity contribution < 1.29 is 4.79 Å². The average molecular weight is 351 g/mol. The number of anilines is 2. The molecular weight excluding hydrogens is 322 g/mol. The third-order valence-corrected chi connectivity index (χ3v) is 4.79. The lowest BCUT2D eigenvalue weighted by Crippen LogP contribution is -2.45. The summed E-state index contributed by atoms with van der Waals surface area (Å²) in [5, 5.41) is 2.98. The van der Waals surface area contributed by atoms with Crippen molar-refractivity contribution in [1.29, 1.82) is 0 Å². The van der Waals surface area contributed by atoms with Gasteiger partial charge in [0.15, 0.2) is 0 Å². The van der Waals surface area contributed by atoms with Crippen LogP contribution in [0.15, 0.2) is 54.6 Å². The molecule has 1 amide bonds. The summed E-state index contributed by atoms with van der Waals surface area (Å²) in [5.41, 5.74) is 3.08. The zero-order chi connectivity index (χ0) is 18.6. The lowest BCUT2D eigenvalue weighted by molar-refractivity contribution is -0.123. The summed E-state index contributed by atoms with van der Waals surface area (Å²) in [6, 6.07) is 18.8. The first-order valence-electron chi connectivity index (χ1n) is 9.34. The van der Waals surface area contributed by atoms with Gasteiger partial charge in [0.05, 0.1) is 0 Å². The standard InChI is InChI=1S/C22H29N3O/c1-22(2,3)21(26)23-19-11-9-18(10-12-19)17-24-13-15-25(16-14-24)20-7-5-4-6-8-20/h4-12H,13-17H2,1-3H3,(H,23,26). The molecule has 0 atom stereocenters. The van der Waals surface area contributed by atoms with Crippen molar-refractivity contribution in [1.82, 2.24) is 4.90 Å². The van der Waals surface area contributed by atoms with E-state index < -0.39 is 0 Å². The van der Waals surface area contributed by atoms with Crippen molar-refractivity contribution in [2.24, 2.45) is 5.41 Å². The molecule has 1 N–H and O–H groups in total. The molecule has 2 aromatic rings. The van der Waals surface area contributed by atoms with E-state index in [4.69, 9.17) is 0 Å². The van der Waals surface area contributed by atoms with Crippen molar-refractivity contribution in [3.63, 3.8) is 0 Å². The third kappa shape index (κ3) is 4.85. The van der Waals surface area contributed by atoms with Crippen LogP contribution in [0.2, 0.25) is 0 Å². The molecule has 1 aliphatic heterocycles. The number of carbonyl (C=O) groups is 1. The normalized spacial score (nSPS) is 15.7. The van der Waals surface area contributed by atoms with Crippen molar-refractivity contribution in [3.8, 4) is 0 Å². The summed E-state index contributed by atoms with van der Waals surface area (Å²) >= 11 is 0. The number of nitrogens with one attached hydrogen (secondary N) is 1. The van der Waals surface area contributed by atoms with Crippen molar-refractivity contribution in [2.45, 2.75) is 27.3 Å². The third-order valence-electron chi connectivity index (χ3n) is 4.79. The molecule has 0 aromatic heterocycles. The summed E-state index contributed by atoms with van der Waals surface area (Å²) < 4.78 is 0. The van der Waals surface area contributed by atoms with Gasteiger partial charge in [0.1, 0.15) is 0 Å². The maximum atomic E-state index is 12.1. The molecule has 1 saturated heterocycles. The highest BCUT2D eigenvalue weighted by Gasteiger charge is 2.21. The molecule has 0 saturated carbocycles. The van der Waals surface area contributed by atoms with Crippen molar-refractivity contribution in [2.75, 3.05) is 36.4 Å². The van der Waals surface area contributed by atoms with Gasteiger partial charge in [-0.1, -0.05) is 51.1 Å². The van der Waals surface area contributed by atoms with Crippen LogP contribution in [0.4, 0.5) is 11.4 Å². The summed E-state index contributed by atoms with van der Waals surface area (Å²) in [6.07, 6.45) is 0. The number of hydrogen-bond acceptors (Lipinski definition) is 3. The van der Waals surface area contributed by atoms with E-state index in [2.05, 4.69) is 57.6 Å². The Hall–Kier alpha value is -2.33. The Morgan fingerprint density at radius 2 is 1.54 bits per heavy atom. The summed E-state index contributed by atoms with van der Waals surface area (Å²) in [5.74, 6) is 0.0438. The number of hydrogen-bond donors (Lipinski definition) is 1. The van der Waals surface area contributed by atoms with Gasteiger partial charge in [-0.3, -0.25) is 9.69 Å². The largest absolute Gasteiger partial charge is 0.369 e. The Balaban J connectivity index is 1.50. The van der Waals surface area contributed by atoms with E-state index >= 15 is 0 Å². The van der Waals surface area contributed by atoms with Gasteiger partial charge in [0, 0.05) is 49.5 Å². The fourth-order valence-corrected chi connectivity index (χ4v) is 3.07. The van der Waals surface area contributed by atoms with Crippen LogP contribution in [0.5, 0.6) is 0 Å². The van der Waals surface area contributed by atoms with E-state index in [1.165, 1.54) is 11.3 Å². The fraction of sp³-hybridized carbons (Fsp3) is 0.409. The minimum Gasteiger partial charge on any atom is -0.369 e. The van der Waals surface area contributed by atoms with Gasteiger partial charge in [0.25, 0.3) is 0 Å². The second-order valence-electron chi connectivity index (χ2n) is 8.00. The van der Waals surface area contributed by atoms with Crippen LogP contribution in [-0.4, -0.2) is 37.0 Å². The summed E-state index contributed by atoms with van der Waals surface area (Å²) in [4.78, 5) is 17.0. The number of benzene rings is 2. The van der Waals surface area contributed by atoms with E-state index in [0.717, 1.165) is 38.4 Å². The van der Waals surface area contributed by atoms with Crippen LogP contribution < -0.4 is 10.2 Å². The van der Waals surface area contributed by atoms with Crippen LogP contribution in [0, 0.1) is 5.41 Å². The molecule has 1 heterocycles. The minimum atomic E-state index is -0.378. The van der Waals surface area contributed by atoms with Gasteiger partial charge < -0.3 is 10.2 Å². The smallest absolute Gasteiger partial charge is 0.229 e. The lowest BCUT2D eigenvalue weighted by Gasteiger charge is -2.36. The van der Waals surface area contributed by atoms with Crippen LogP contribution in [0.1, 0.15) is 26.3 Å². The molecule has 4 heteroatoms. The molecule has 1 aliphatic rings. The predicted molar refractivity (Wildman–Crippen MR) is 108 cm³/mol. The predicted octanol–water partition coefficient (Wildman–Crippen LogP) is 3.99. The van der Waals surface area contributed by atoms with E-state index in [-0.39, 0.29) is 11.3 Å². The first-order valence-corrected chi connectivity index (χ1v) is 9.34. The topological polar surface area (TPSA) is 35.6 Å². The van der Waals surface area contributed by atoms with Gasteiger partial charge in [-0.2, -0.15) is 0 Å². The molecule has 0 unspecified atom stereocenters. The molecule has 26 heavy (non-hydrogen) atoms. The molecular formula is C22H29N3O. The quantitative estimate of drug-likeness (QED) is 0.904. The Kier molecular flexibility index (Phi) is 5.62. The van der Waals surface area contributed by atoms with Crippen molar-refractivity contribution in [3.05, 3.63) is 60.2 Å². The van der Waals surface area contributed by atoms with Gasteiger partial charge in [-0.25, -0.2) is 0 Å². The molecule has 3 rings (SSSR count). The molecule has 0 radical (unpaired) electrons. The molecule has 138 valence electrons. The molecule has 4 nitrogen and oxygen atoms in total. The van der Waals surface area contributed by atoms with Gasteiger partial charge in [0.2, 0.25) is 5.91 Å². The van der Waals surface area contributed by atoms with E-state index in [1.807, 2.05) is 32.9 Å². The second kappa shape index (κ2) is 7.92. The first-order chi connectivity index (χ1) is 12.4. The fourth-order valence-electron chi connectivity index (χ4n) is 3.07. The van der Waals surface area contributed by atoms with E-state index in [1.54, 1.807) is 0 Å². The van der Waals surface area contributed by atoms with Crippen LogP contribution in [-0.2, 0) is 11.3 Å². The van der Waals surface area contributed by atoms with Gasteiger partial charge in [-0.15, -0.1) is 0 Å². The Morgan fingerprint density at radius 3 is 2.12 bits per heavy atom. The van der Waals surface area contributed by atoms with Crippen LogP contribution >= 0.6 is 0 Å². The Labute approximate surface area is 156 Å². The number of piperazine rings is 1. The Morgan fingerprint density at radius 1 is 0.923 bits per heavy atom. The van der Waals surface area contributed by atoms with Crippen LogP contribution in [0.3, 0.4) is 0 Å². The van der Waals surface area contributed by atoms with E-state index in [0.29, 0.717) is 0 Å². The molecule has 1 fully saturated rings. The highest BCUT2D eigenvalue weighted by molar-refractivity contribution is 5.94.